The van der Waals surface area contributed by atoms with Crippen LogP contribution in [0.1, 0.15) is 51.5 Å². The van der Waals surface area contributed by atoms with Crippen LogP contribution in [0, 0.1) is 11.3 Å². The van der Waals surface area contributed by atoms with Gasteiger partial charge in [0.25, 0.3) is 0 Å². The van der Waals surface area contributed by atoms with Crippen molar-refractivity contribution in [2.24, 2.45) is 11.3 Å². The number of carbonyl (C=O) groups is 2. The van der Waals surface area contributed by atoms with Crippen molar-refractivity contribution in [1.29, 1.82) is 0 Å². The molecule has 2 unspecified atom stereocenters. The number of rotatable bonds is 6. The van der Waals surface area contributed by atoms with Crippen molar-refractivity contribution in [2.75, 3.05) is 0 Å². The van der Waals surface area contributed by atoms with Gasteiger partial charge in [-0.15, -0.1) is 11.3 Å². The van der Waals surface area contributed by atoms with Crippen LogP contribution in [0.5, 0.6) is 0 Å². The van der Waals surface area contributed by atoms with Crippen LogP contribution in [-0.2, 0) is 9.59 Å². The zero-order valence-corrected chi connectivity index (χ0v) is 13.3. The molecule has 4 nitrogen and oxygen atoms in total. The number of carboxylic acid groups (broad SMARTS) is 1. The second-order valence-electron chi connectivity index (χ2n) is 6.43. The van der Waals surface area contributed by atoms with Gasteiger partial charge in [0.05, 0.1) is 0 Å². The topological polar surface area (TPSA) is 66.4 Å². The lowest BCUT2D eigenvalue weighted by molar-refractivity contribution is -0.142. The number of carboxylic acids is 1. The van der Waals surface area contributed by atoms with Gasteiger partial charge in [-0.1, -0.05) is 33.8 Å². The van der Waals surface area contributed by atoms with Crippen LogP contribution in [0.4, 0.5) is 0 Å². The van der Waals surface area contributed by atoms with E-state index in [4.69, 9.17) is 0 Å². The first-order chi connectivity index (χ1) is 9.19. The van der Waals surface area contributed by atoms with E-state index in [1.807, 2.05) is 6.92 Å². The maximum atomic E-state index is 12.0. The highest BCUT2D eigenvalue weighted by atomic mass is 32.1. The zero-order chi connectivity index (χ0) is 15.3. The van der Waals surface area contributed by atoms with Gasteiger partial charge < -0.3 is 10.4 Å². The average Bonchev–Trinajstić information content (AvgIpc) is 2.75. The molecular weight excluding hydrogens is 274 g/mol. The molecule has 5 heteroatoms. The molecule has 0 aliphatic heterocycles. The van der Waals surface area contributed by atoms with Crippen LogP contribution in [0.15, 0.2) is 17.5 Å². The van der Waals surface area contributed by atoms with Gasteiger partial charge >= 0.3 is 5.97 Å². The van der Waals surface area contributed by atoms with E-state index in [0.717, 1.165) is 6.42 Å². The molecule has 0 aromatic carbocycles. The van der Waals surface area contributed by atoms with Gasteiger partial charge in [0.15, 0.2) is 6.04 Å². The number of nitrogens with one attached hydrogen (secondary N) is 1. The Kier molecular flexibility index (Phi) is 5.74. The summed E-state index contributed by atoms with van der Waals surface area (Å²) in [5.41, 5.74) is 0.166. The van der Waals surface area contributed by atoms with E-state index in [-0.39, 0.29) is 17.2 Å². The molecule has 2 atom stereocenters. The monoisotopic (exact) mass is 297 g/mol. The number of aliphatic carboxylic acids is 1. The molecule has 0 saturated heterocycles. The Hall–Kier alpha value is -1.36. The average molecular weight is 297 g/mol. The maximum Gasteiger partial charge on any atom is 0.331 e. The van der Waals surface area contributed by atoms with Crippen molar-refractivity contribution in [3.63, 3.8) is 0 Å². The highest BCUT2D eigenvalue weighted by molar-refractivity contribution is 7.10. The van der Waals surface area contributed by atoms with Crippen molar-refractivity contribution >= 4 is 23.2 Å². The van der Waals surface area contributed by atoms with E-state index in [1.54, 1.807) is 17.5 Å². The highest BCUT2D eigenvalue weighted by Crippen LogP contribution is 2.26. The second kappa shape index (κ2) is 6.88. The minimum Gasteiger partial charge on any atom is -0.479 e. The van der Waals surface area contributed by atoms with Crippen LogP contribution < -0.4 is 5.32 Å². The number of amides is 1. The molecule has 1 aromatic rings. The number of hydrogen-bond donors (Lipinski definition) is 2. The van der Waals surface area contributed by atoms with E-state index >= 15 is 0 Å². The Morgan fingerprint density at radius 2 is 2.05 bits per heavy atom. The van der Waals surface area contributed by atoms with Gasteiger partial charge in [-0.05, 0) is 29.2 Å². The van der Waals surface area contributed by atoms with Crippen LogP contribution in [0.2, 0.25) is 0 Å². The quantitative estimate of drug-likeness (QED) is 0.845. The minimum absolute atomic E-state index is 0.166. The summed E-state index contributed by atoms with van der Waals surface area (Å²) in [4.78, 5) is 23.9. The van der Waals surface area contributed by atoms with Gasteiger partial charge in [-0.2, -0.15) is 0 Å². The Morgan fingerprint density at radius 3 is 2.50 bits per heavy atom. The number of hydrogen-bond acceptors (Lipinski definition) is 3. The van der Waals surface area contributed by atoms with E-state index in [2.05, 4.69) is 26.1 Å². The maximum absolute atomic E-state index is 12.0. The highest BCUT2D eigenvalue weighted by Gasteiger charge is 2.24. The fourth-order valence-corrected chi connectivity index (χ4v) is 3.13. The lowest BCUT2D eigenvalue weighted by atomic mass is 9.84. The van der Waals surface area contributed by atoms with E-state index in [1.165, 1.54) is 11.3 Å². The molecule has 112 valence electrons. The standard InChI is InChI=1S/C15H23NO3S/c1-10(9-15(2,3)4)8-12(17)16-13(14(18)19)11-6-5-7-20-11/h5-7,10,13H,8-9H2,1-4H3,(H,16,17)(H,18,19). The molecule has 0 aliphatic carbocycles. The molecule has 20 heavy (non-hydrogen) atoms. The van der Waals surface area contributed by atoms with E-state index in [0.29, 0.717) is 11.3 Å². The van der Waals surface area contributed by atoms with Crippen LogP contribution >= 0.6 is 11.3 Å². The van der Waals surface area contributed by atoms with E-state index < -0.39 is 12.0 Å². The molecule has 0 fully saturated rings. The number of thiophene rings is 1. The zero-order valence-electron chi connectivity index (χ0n) is 12.5. The predicted molar refractivity (Wildman–Crippen MR) is 80.7 cm³/mol. The summed E-state index contributed by atoms with van der Waals surface area (Å²) in [6.07, 6.45) is 1.28. The Bertz CT molecular complexity index is 448. The summed E-state index contributed by atoms with van der Waals surface area (Å²) in [7, 11) is 0. The minimum atomic E-state index is -1.02. The summed E-state index contributed by atoms with van der Waals surface area (Å²) in [6.45, 7) is 8.42. The van der Waals surface area contributed by atoms with Crippen molar-refractivity contribution in [1.82, 2.24) is 5.32 Å². The van der Waals surface area contributed by atoms with Gasteiger partial charge in [0.1, 0.15) is 0 Å². The van der Waals surface area contributed by atoms with Crippen LogP contribution in [0.3, 0.4) is 0 Å². The normalized spacial score (nSPS) is 14.6. The Balaban J connectivity index is 2.58. The predicted octanol–water partition coefficient (Wildman–Crippen LogP) is 3.45. The molecule has 0 saturated carbocycles. The summed E-state index contributed by atoms with van der Waals surface area (Å²) < 4.78 is 0. The molecule has 0 aliphatic rings. The van der Waals surface area contributed by atoms with Crippen molar-refractivity contribution in [2.45, 2.75) is 46.6 Å². The first-order valence-corrected chi connectivity index (χ1v) is 7.62. The largest absolute Gasteiger partial charge is 0.479 e. The van der Waals surface area contributed by atoms with Gasteiger partial charge in [0, 0.05) is 11.3 Å². The smallest absolute Gasteiger partial charge is 0.331 e. The third kappa shape index (κ3) is 5.74. The molecule has 0 radical (unpaired) electrons. The molecule has 0 spiro atoms. The Morgan fingerprint density at radius 1 is 1.40 bits per heavy atom. The van der Waals surface area contributed by atoms with Crippen molar-refractivity contribution in [3.05, 3.63) is 22.4 Å². The molecule has 1 amide bonds. The van der Waals surface area contributed by atoms with Crippen LogP contribution in [-0.4, -0.2) is 17.0 Å². The Labute approximate surface area is 124 Å². The van der Waals surface area contributed by atoms with Gasteiger partial charge in [-0.3, -0.25) is 4.79 Å². The van der Waals surface area contributed by atoms with Crippen molar-refractivity contribution < 1.29 is 14.7 Å². The molecular formula is C15H23NO3S. The van der Waals surface area contributed by atoms with Crippen LogP contribution in [0.25, 0.3) is 0 Å². The van der Waals surface area contributed by atoms with Gasteiger partial charge in [0.2, 0.25) is 5.91 Å². The second-order valence-corrected chi connectivity index (χ2v) is 7.41. The third-order valence-corrected chi connectivity index (χ3v) is 3.81. The molecule has 0 bridgehead atoms. The lowest BCUT2D eigenvalue weighted by Crippen LogP contribution is -2.34. The summed E-state index contributed by atoms with van der Waals surface area (Å²) in [6, 6.07) is 2.57. The fraction of sp³-hybridized carbons (Fsp3) is 0.600. The first kappa shape index (κ1) is 16.7. The summed E-state index contributed by atoms with van der Waals surface area (Å²) in [5.74, 6) is -1.00. The first-order valence-electron chi connectivity index (χ1n) is 6.74. The molecule has 1 heterocycles. The summed E-state index contributed by atoms with van der Waals surface area (Å²) in [5, 5.41) is 13.6. The van der Waals surface area contributed by atoms with Crippen molar-refractivity contribution in [3.8, 4) is 0 Å². The summed E-state index contributed by atoms with van der Waals surface area (Å²) >= 11 is 1.33. The fourth-order valence-electron chi connectivity index (χ4n) is 2.36. The molecule has 2 N–H and O–H groups in total. The lowest BCUT2D eigenvalue weighted by Gasteiger charge is -2.23. The van der Waals surface area contributed by atoms with E-state index in [9.17, 15) is 14.7 Å². The molecule has 1 aromatic heterocycles. The SMILES string of the molecule is CC(CC(=O)NC(C(=O)O)c1cccs1)CC(C)(C)C. The molecule has 1 rings (SSSR count). The third-order valence-electron chi connectivity index (χ3n) is 2.87. The number of carbonyl (C=O) groups excluding carboxylic acids is 1. The van der Waals surface area contributed by atoms with Gasteiger partial charge in [-0.25, -0.2) is 4.79 Å².